The van der Waals surface area contributed by atoms with Crippen molar-refractivity contribution in [1.82, 2.24) is 10.6 Å². The highest BCUT2D eigenvalue weighted by atomic mass is 19.1. The average Bonchev–Trinajstić information content (AvgIpc) is 3.17. The summed E-state index contributed by atoms with van der Waals surface area (Å²) >= 11 is 0. The van der Waals surface area contributed by atoms with E-state index in [-0.39, 0.29) is 11.7 Å². The number of carbonyl (C=O) groups is 1. The molecule has 0 heterocycles. The molecule has 3 rings (SSSR count). The van der Waals surface area contributed by atoms with E-state index in [4.69, 9.17) is 0 Å². The molecule has 108 valence electrons. The number of rotatable bonds is 6. The molecule has 0 radical (unpaired) electrons. The molecule has 1 aromatic rings. The summed E-state index contributed by atoms with van der Waals surface area (Å²) in [7, 11) is 0. The predicted octanol–water partition coefficient (Wildman–Crippen LogP) is 2.33. The standard InChI is InChI=1S/C16H21FN2O/c17-15-4-2-1-3-14(15)11-9-13(10-11)18-8-7-16(20)19-12-5-6-12/h1-4,11-13,18H,5-10H2,(H,19,20). The Morgan fingerprint density at radius 1 is 1.20 bits per heavy atom. The van der Waals surface area contributed by atoms with Gasteiger partial charge in [0.05, 0.1) is 0 Å². The zero-order valence-corrected chi connectivity index (χ0v) is 11.6. The summed E-state index contributed by atoms with van der Waals surface area (Å²) in [5, 5.41) is 6.36. The van der Waals surface area contributed by atoms with Crippen LogP contribution in [-0.2, 0) is 4.79 Å². The summed E-state index contributed by atoms with van der Waals surface area (Å²) in [6.45, 7) is 0.715. The third-order valence-electron chi connectivity index (χ3n) is 4.21. The first-order chi connectivity index (χ1) is 9.72. The first-order valence-corrected chi connectivity index (χ1v) is 7.49. The summed E-state index contributed by atoms with van der Waals surface area (Å²) in [5.74, 6) is 0.374. The van der Waals surface area contributed by atoms with Crippen molar-refractivity contribution >= 4 is 5.91 Å². The third kappa shape index (κ3) is 3.37. The van der Waals surface area contributed by atoms with Crippen LogP contribution in [0.15, 0.2) is 24.3 Å². The molecule has 1 amide bonds. The van der Waals surface area contributed by atoms with Gasteiger partial charge in [0.15, 0.2) is 0 Å². The molecule has 3 nitrogen and oxygen atoms in total. The smallest absolute Gasteiger partial charge is 0.221 e. The second kappa shape index (κ2) is 5.92. The summed E-state index contributed by atoms with van der Waals surface area (Å²) in [6, 6.07) is 7.88. The summed E-state index contributed by atoms with van der Waals surface area (Å²) in [5.41, 5.74) is 0.831. The van der Waals surface area contributed by atoms with Gasteiger partial charge in [-0.05, 0) is 43.2 Å². The van der Waals surface area contributed by atoms with Crippen LogP contribution in [0, 0.1) is 5.82 Å². The Morgan fingerprint density at radius 2 is 1.95 bits per heavy atom. The lowest BCUT2D eigenvalue weighted by molar-refractivity contribution is -0.121. The van der Waals surface area contributed by atoms with Crippen LogP contribution in [-0.4, -0.2) is 24.5 Å². The Hall–Kier alpha value is -1.42. The lowest BCUT2D eigenvalue weighted by atomic mass is 9.75. The molecule has 0 aromatic heterocycles. The molecule has 2 aliphatic carbocycles. The van der Waals surface area contributed by atoms with Crippen LogP contribution in [0.3, 0.4) is 0 Å². The average molecular weight is 276 g/mol. The van der Waals surface area contributed by atoms with E-state index in [9.17, 15) is 9.18 Å². The molecule has 0 unspecified atom stereocenters. The van der Waals surface area contributed by atoms with Crippen LogP contribution in [0.25, 0.3) is 0 Å². The van der Waals surface area contributed by atoms with Crippen LogP contribution >= 0.6 is 0 Å². The second-order valence-corrected chi connectivity index (χ2v) is 5.93. The number of amides is 1. The van der Waals surface area contributed by atoms with Crippen LogP contribution in [0.5, 0.6) is 0 Å². The number of carbonyl (C=O) groups excluding carboxylic acids is 1. The molecule has 0 atom stereocenters. The first-order valence-electron chi connectivity index (χ1n) is 7.49. The van der Waals surface area contributed by atoms with Crippen molar-refractivity contribution in [3.05, 3.63) is 35.6 Å². The molecule has 0 saturated heterocycles. The lowest BCUT2D eigenvalue weighted by Gasteiger charge is -2.36. The fourth-order valence-electron chi connectivity index (χ4n) is 2.76. The van der Waals surface area contributed by atoms with Crippen molar-refractivity contribution in [3.8, 4) is 0 Å². The number of benzene rings is 1. The summed E-state index contributed by atoms with van der Waals surface area (Å²) < 4.78 is 13.6. The third-order valence-corrected chi connectivity index (χ3v) is 4.21. The van der Waals surface area contributed by atoms with Gasteiger partial charge in [0.25, 0.3) is 0 Å². The molecule has 0 spiro atoms. The zero-order valence-electron chi connectivity index (χ0n) is 11.6. The van der Waals surface area contributed by atoms with Gasteiger partial charge in [0.2, 0.25) is 5.91 Å². The maximum Gasteiger partial charge on any atom is 0.221 e. The Morgan fingerprint density at radius 3 is 2.65 bits per heavy atom. The van der Waals surface area contributed by atoms with Gasteiger partial charge in [-0.15, -0.1) is 0 Å². The molecule has 2 saturated carbocycles. The van der Waals surface area contributed by atoms with Gasteiger partial charge in [-0.2, -0.15) is 0 Å². The van der Waals surface area contributed by atoms with E-state index in [1.54, 1.807) is 6.07 Å². The highest BCUT2D eigenvalue weighted by molar-refractivity contribution is 5.76. The number of hydrogen-bond acceptors (Lipinski definition) is 2. The van der Waals surface area contributed by atoms with Gasteiger partial charge in [-0.1, -0.05) is 18.2 Å². The molecule has 1 aromatic carbocycles. The normalized spacial score (nSPS) is 25.1. The van der Waals surface area contributed by atoms with Crippen LogP contribution in [0.2, 0.25) is 0 Å². The largest absolute Gasteiger partial charge is 0.353 e. The van der Waals surface area contributed by atoms with Gasteiger partial charge >= 0.3 is 0 Å². The second-order valence-electron chi connectivity index (χ2n) is 5.93. The first kappa shape index (κ1) is 13.6. The fraction of sp³-hybridized carbons (Fsp3) is 0.562. The van der Waals surface area contributed by atoms with Crippen molar-refractivity contribution in [3.63, 3.8) is 0 Å². The van der Waals surface area contributed by atoms with E-state index in [0.29, 0.717) is 31.0 Å². The number of halogens is 1. The molecular weight excluding hydrogens is 255 g/mol. The van der Waals surface area contributed by atoms with Gasteiger partial charge < -0.3 is 10.6 Å². The fourth-order valence-corrected chi connectivity index (χ4v) is 2.76. The van der Waals surface area contributed by atoms with Gasteiger partial charge in [0, 0.05) is 25.0 Å². The Balaban J connectivity index is 1.34. The Bertz CT molecular complexity index is 481. The lowest BCUT2D eigenvalue weighted by Crippen LogP contribution is -2.42. The Kier molecular flexibility index (Phi) is 4.01. The molecule has 2 aliphatic rings. The van der Waals surface area contributed by atoms with Crippen molar-refractivity contribution in [2.45, 2.75) is 50.1 Å². The van der Waals surface area contributed by atoms with Crippen molar-refractivity contribution < 1.29 is 9.18 Å². The summed E-state index contributed by atoms with van der Waals surface area (Å²) in [6.07, 6.45) is 4.73. The maximum atomic E-state index is 13.6. The minimum Gasteiger partial charge on any atom is -0.353 e. The van der Waals surface area contributed by atoms with E-state index in [1.807, 2.05) is 12.1 Å². The zero-order chi connectivity index (χ0) is 13.9. The van der Waals surface area contributed by atoms with Crippen molar-refractivity contribution in [2.75, 3.05) is 6.54 Å². The highest BCUT2D eigenvalue weighted by Crippen LogP contribution is 2.37. The van der Waals surface area contributed by atoms with E-state index in [2.05, 4.69) is 10.6 Å². The van der Waals surface area contributed by atoms with E-state index < -0.39 is 0 Å². The molecule has 2 fully saturated rings. The summed E-state index contributed by atoms with van der Waals surface area (Å²) in [4.78, 5) is 11.5. The SMILES string of the molecule is O=C(CCNC1CC(c2ccccc2F)C1)NC1CC1. The van der Waals surface area contributed by atoms with E-state index >= 15 is 0 Å². The highest BCUT2D eigenvalue weighted by Gasteiger charge is 2.31. The molecular formula is C16H21FN2O. The maximum absolute atomic E-state index is 13.6. The molecule has 20 heavy (non-hydrogen) atoms. The molecule has 2 N–H and O–H groups in total. The minimum absolute atomic E-state index is 0.0974. The van der Waals surface area contributed by atoms with Crippen LogP contribution in [0.4, 0.5) is 4.39 Å². The van der Waals surface area contributed by atoms with Gasteiger partial charge in [0.1, 0.15) is 5.82 Å². The Labute approximate surface area is 118 Å². The van der Waals surface area contributed by atoms with Crippen LogP contribution < -0.4 is 10.6 Å². The number of hydrogen-bond donors (Lipinski definition) is 2. The molecule has 0 aliphatic heterocycles. The predicted molar refractivity (Wildman–Crippen MR) is 75.9 cm³/mol. The van der Waals surface area contributed by atoms with E-state index in [1.165, 1.54) is 6.07 Å². The van der Waals surface area contributed by atoms with Gasteiger partial charge in [-0.25, -0.2) is 4.39 Å². The minimum atomic E-state index is -0.0974. The van der Waals surface area contributed by atoms with Crippen molar-refractivity contribution in [2.24, 2.45) is 0 Å². The van der Waals surface area contributed by atoms with Crippen LogP contribution in [0.1, 0.15) is 43.6 Å². The van der Waals surface area contributed by atoms with E-state index in [0.717, 1.165) is 31.2 Å². The number of nitrogens with one attached hydrogen (secondary N) is 2. The monoisotopic (exact) mass is 276 g/mol. The van der Waals surface area contributed by atoms with Crippen molar-refractivity contribution in [1.29, 1.82) is 0 Å². The molecule has 0 bridgehead atoms. The topological polar surface area (TPSA) is 41.1 Å². The van der Waals surface area contributed by atoms with Gasteiger partial charge in [-0.3, -0.25) is 4.79 Å². The quantitative estimate of drug-likeness (QED) is 0.837. The molecule has 4 heteroatoms.